The second kappa shape index (κ2) is 10.4. The van der Waals surface area contributed by atoms with Gasteiger partial charge in [0, 0.05) is 0 Å². The van der Waals surface area contributed by atoms with E-state index in [9.17, 15) is 4.57 Å². The van der Waals surface area contributed by atoms with Crippen LogP contribution < -0.4 is 0 Å². The van der Waals surface area contributed by atoms with Gasteiger partial charge in [-0.1, -0.05) is 43.5 Å². The van der Waals surface area contributed by atoms with Gasteiger partial charge >= 0.3 is 7.82 Å². The van der Waals surface area contributed by atoms with Gasteiger partial charge in [0.1, 0.15) is 0 Å². The average molecular weight is 354 g/mol. The first-order valence-electron chi connectivity index (χ1n) is 9.29. The summed E-state index contributed by atoms with van der Waals surface area (Å²) in [5, 5.41) is 0. The normalized spacial score (nSPS) is 16.4. The molecular formula is C19H31O4P. The van der Waals surface area contributed by atoms with Crippen LogP contribution in [0.1, 0.15) is 69.4 Å². The molecule has 5 heteroatoms. The van der Waals surface area contributed by atoms with Crippen molar-refractivity contribution in [3.05, 3.63) is 35.4 Å². The Bertz CT molecular complexity index is 516. The van der Waals surface area contributed by atoms with Crippen LogP contribution in [0.5, 0.6) is 0 Å². The molecule has 0 unspecified atom stereocenters. The second-order valence-corrected chi connectivity index (χ2v) is 7.97. The molecule has 136 valence electrons. The van der Waals surface area contributed by atoms with Crippen LogP contribution in [0.4, 0.5) is 0 Å². The molecule has 0 aliphatic heterocycles. The van der Waals surface area contributed by atoms with Gasteiger partial charge in [0.2, 0.25) is 0 Å². The number of hydrogen-bond acceptors (Lipinski definition) is 4. The van der Waals surface area contributed by atoms with Gasteiger partial charge in [0.25, 0.3) is 0 Å². The molecular weight excluding hydrogens is 323 g/mol. The standard InChI is InChI=1S/C19H31O4P/c1-3-21-24(20,22-4-2)23-15-9-11-17-10-8-14-19(16-17)18-12-6-5-7-13-18/h8,10,14,16,18H,3-7,9,11-13,15H2,1-2H3. The van der Waals surface area contributed by atoms with Crippen molar-refractivity contribution in [3.8, 4) is 0 Å². The summed E-state index contributed by atoms with van der Waals surface area (Å²) < 4.78 is 27.9. The zero-order valence-corrected chi connectivity index (χ0v) is 15.9. The van der Waals surface area contributed by atoms with Crippen LogP contribution in [0, 0.1) is 0 Å². The SMILES string of the molecule is CCOP(=O)(OCC)OCCCc1cccc(C2CCCCC2)c1. The minimum atomic E-state index is -3.37. The summed E-state index contributed by atoms with van der Waals surface area (Å²) in [6.07, 6.45) is 8.45. The Kier molecular flexibility index (Phi) is 8.48. The molecule has 1 fully saturated rings. The van der Waals surface area contributed by atoms with E-state index in [1.807, 2.05) is 0 Å². The minimum Gasteiger partial charge on any atom is -0.287 e. The average Bonchev–Trinajstić information content (AvgIpc) is 2.60. The Hall–Kier alpha value is -0.670. The fourth-order valence-corrected chi connectivity index (χ4v) is 4.53. The van der Waals surface area contributed by atoms with Crippen LogP contribution >= 0.6 is 7.82 Å². The number of phosphoric acid groups is 1. The summed E-state index contributed by atoms with van der Waals surface area (Å²) in [4.78, 5) is 0. The lowest BCUT2D eigenvalue weighted by Gasteiger charge is -2.22. The first-order chi connectivity index (χ1) is 11.7. The van der Waals surface area contributed by atoms with Crippen molar-refractivity contribution in [2.75, 3.05) is 19.8 Å². The summed E-state index contributed by atoms with van der Waals surface area (Å²) >= 11 is 0. The highest BCUT2D eigenvalue weighted by Crippen LogP contribution is 2.49. The molecule has 1 saturated carbocycles. The number of rotatable bonds is 10. The molecule has 2 rings (SSSR count). The molecule has 0 amide bonds. The molecule has 0 radical (unpaired) electrons. The van der Waals surface area contributed by atoms with Gasteiger partial charge in [-0.05, 0) is 56.6 Å². The largest absolute Gasteiger partial charge is 0.474 e. The molecule has 0 atom stereocenters. The first kappa shape index (κ1) is 19.7. The maximum Gasteiger partial charge on any atom is 0.474 e. The summed E-state index contributed by atoms with van der Waals surface area (Å²) in [6.45, 7) is 4.59. The zero-order chi connectivity index (χ0) is 17.3. The van der Waals surface area contributed by atoms with E-state index < -0.39 is 7.82 Å². The van der Waals surface area contributed by atoms with Crippen LogP contribution in [0.25, 0.3) is 0 Å². The zero-order valence-electron chi connectivity index (χ0n) is 15.0. The predicted octanol–water partition coefficient (Wildman–Crippen LogP) is 5.86. The summed E-state index contributed by atoms with van der Waals surface area (Å²) in [5.41, 5.74) is 2.80. The van der Waals surface area contributed by atoms with E-state index in [-0.39, 0.29) is 0 Å². The topological polar surface area (TPSA) is 44.8 Å². The van der Waals surface area contributed by atoms with E-state index in [0.29, 0.717) is 19.8 Å². The molecule has 0 bridgehead atoms. The monoisotopic (exact) mass is 354 g/mol. The van der Waals surface area contributed by atoms with Crippen molar-refractivity contribution in [3.63, 3.8) is 0 Å². The lowest BCUT2D eigenvalue weighted by atomic mass is 9.83. The van der Waals surface area contributed by atoms with Crippen molar-refractivity contribution >= 4 is 7.82 Å². The quantitative estimate of drug-likeness (QED) is 0.390. The maximum absolute atomic E-state index is 12.2. The highest BCUT2D eigenvalue weighted by atomic mass is 31.2. The van der Waals surface area contributed by atoms with Crippen molar-refractivity contribution in [2.24, 2.45) is 0 Å². The predicted molar refractivity (Wildman–Crippen MR) is 97.4 cm³/mol. The van der Waals surface area contributed by atoms with E-state index in [1.165, 1.54) is 43.2 Å². The van der Waals surface area contributed by atoms with Gasteiger partial charge in [-0.2, -0.15) is 0 Å². The maximum atomic E-state index is 12.2. The van der Waals surface area contributed by atoms with Crippen LogP contribution in [-0.2, 0) is 24.6 Å². The van der Waals surface area contributed by atoms with Crippen LogP contribution in [0.3, 0.4) is 0 Å². The van der Waals surface area contributed by atoms with Crippen LogP contribution in [0.15, 0.2) is 24.3 Å². The molecule has 1 aromatic rings. The number of hydrogen-bond donors (Lipinski definition) is 0. The minimum absolute atomic E-state index is 0.320. The lowest BCUT2D eigenvalue weighted by molar-refractivity contribution is 0.120. The van der Waals surface area contributed by atoms with Crippen molar-refractivity contribution in [1.82, 2.24) is 0 Å². The molecule has 4 nitrogen and oxygen atoms in total. The van der Waals surface area contributed by atoms with Gasteiger partial charge in [-0.3, -0.25) is 13.6 Å². The van der Waals surface area contributed by atoms with Gasteiger partial charge in [-0.15, -0.1) is 0 Å². The lowest BCUT2D eigenvalue weighted by Crippen LogP contribution is -2.05. The van der Waals surface area contributed by atoms with Crippen LogP contribution in [-0.4, -0.2) is 19.8 Å². The highest BCUT2D eigenvalue weighted by molar-refractivity contribution is 7.48. The van der Waals surface area contributed by atoms with E-state index in [4.69, 9.17) is 13.6 Å². The molecule has 1 aliphatic carbocycles. The van der Waals surface area contributed by atoms with E-state index >= 15 is 0 Å². The van der Waals surface area contributed by atoms with Crippen molar-refractivity contribution < 1.29 is 18.1 Å². The molecule has 1 aromatic carbocycles. The first-order valence-corrected chi connectivity index (χ1v) is 10.8. The Morgan fingerprint density at radius 1 is 1.04 bits per heavy atom. The molecule has 0 N–H and O–H groups in total. The number of benzene rings is 1. The summed E-state index contributed by atoms with van der Waals surface area (Å²) in [6, 6.07) is 8.91. The third-order valence-corrected chi connectivity index (χ3v) is 6.11. The Labute approximate surface area is 146 Å². The van der Waals surface area contributed by atoms with Crippen LogP contribution in [0.2, 0.25) is 0 Å². The number of aryl methyl sites for hydroxylation is 1. The van der Waals surface area contributed by atoms with E-state index in [0.717, 1.165) is 18.8 Å². The van der Waals surface area contributed by atoms with Crippen molar-refractivity contribution in [1.29, 1.82) is 0 Å². The van der Waals surface area contributed by atoms with E-state index in [1.54, 1.807) is 13.8 Å². The van der Waals surface area contributed by atoms with Gasteiger partial charge in [0.05, 0.1) is 19.8 Å². The third-order valence-electron chi connectivity index (χ3n) is 4.46. The van der Waals surface area contributed by atoms with E-state index in [2.05, 4.69) is 24.3 Å². The molecule has 24 heavy (non-hydrogen) atoms. The molecule has 0 spiro atoms. The van der Waals surface area contributed by atoms with Gasteiger partial charge < -0.3 is 0 Å². The fraction of sp³-hybridized carbons (Fsp3) is 0.684. The Morgan fingerprint density at radius 2 is 1.75 bits per heavy atom. The summed E-state index contributed by atoms with van der Waals surface area (Å²) in [7, 11) is -3.37. The Balaban J connectivity index is 1.80. The smallest absolute Gasteiger partial charge is 0.287 e. The molecule has 1 aliphatic rings. The van der Waals surface area contributed by atoms with Crippen molar-refractivity contribution in [2.45, 2.75) is 64.7 Å². The fourth-order valence-electron chi connectivity index (χ4n) is 3.32. The molecule has 0 saturated heterocycles. The molecule has 0 heterocycles. The summed E-state index contributed by atoms with van der Waals surface area (Å²) in [5.74, 6) is 0.728. The molecule has 0 aromatic heterocycles. The Morgan fingerprint density at radius 3 is 2.42 bits per heavy atom. The number of phosphoric ester groups is 1. The highest BCUT2D eigenvalue weighted by Gasteiger charge is 2.24. The second-order valence-electron chi connectivity index (χ2n) is 6.30. The third kappa shape index (κ3) is 6.33. The van der Waals surface area contributed by atoms with Gasteiger partial charge in [0.15, 0.2) is 0 Å². The van der Waals surface area contributed by atoms with Gasteiger partial charge in [-0.25, -0.2) is 4.57 Å².